The number of carbonyl (C=O) groups excluding carboxylic acids is 1. The molecule has 2 heteroatoms. The van der Waals surface area contributed by atoms with Gasteiger partial charge in [-0.2, -0.15) is 0 Å². The van der Waals surface area contributed by atoms with Crippen molar-refractivity contribution in [2.45, 2.75) is 51.9 Å². The highest BCUT2D eigenvalue weighted by molar-refractivity contribution is 5.79. The van der Waals surface area contributed by atoms with Crippen LogP contribution in [-0.2, 0) is 4.79 Å². The number of aliphatic hydroxyl groups excluding tert-OH is 1. The van der Waals surface area contributed by atoms with Crippen molar-refractivity contribution in [3.63, 3.8) is 0 Å². The molecule has 0 radical (unpaired) electrons. The first kappa shape index (κ1) is 10.7. The topological polar surface area (TPSA) is 37.3 Å². The van der Waals surface area contributed by atoms with E-state index in [1.807, 2.05) is 0 Å². The highest BCUT2D eigenvalue weighted by Gasteiger charge is 2.30. The van der Waals surface area contributed by atoms with Crippen LogP contribution >= 0.6 is 0 Å². The number of unbranched alkanes of at least 4 members (excludes halogenated alkanes) is 1. The zero-order valence-electron chi connectivity index (χ0n) is 8.51. The van der Waals surface area contributed by atoms with Crippen LogP contribution in [0, 0.1) is 5.41 Å². The molecule has 76 valence electrons. The lowest BCUT2D eigenvalue weighted by atomic mass is 9.72. The van der Waals surface area contributed by atoms with Crippen LogP contribution in [0.25, 0.3) is 0 Å². The lowest BCUT2D eigenvalue weighted by molar-refractivity contribution is -0.123. The summed E-state index contributed by atoms with van der Waals surface area (Å²) in [5.74, 6) is 0.428. The van der Waals surface area contributed by atoms with Gasteiger partial charge in [0.15, 0.2) is 0 Å². The first-order chi connectivity index (χ1) is 6.16. The molecule has 1 atom stereocenters. The van der Waals surface area contributed by atoms with Gasteiger partial charge in [-0.25, -0.2) is 0 Å². The van der Waals surface area contributed by atoms with E-state index in [0.717, 1.165) is 38.5 Å². The summed E-state index contributed by atoms with van der Waals surface area (Å²) in [5, 5.41) is 8.66. The van der Waals surface area contributed by atoms with Crippen molar-refractivity contribution < 1.29 is 9.90 Å². The zero-order chi connectivity index (χ0) is 9.73. The molecule has 0 aromatic carbocycles. The first-order valence-electron chi connectivity index (χ1n) is 5.29. The number of hydrogen-bond donors (Lipinski definition) is 1. The molecule has 0 aliphatic heterocycles. The summed E-state index contributed by atoms with van der Waals surface area (Å²) in [7, 11) is 0. The molecular weight excluding hydrogens is 164 g/mol. The summed E-state index contributed by atoms with van der Waals surface area (Å²) < 4.78 is 0. The molecule has 1 rings (SSSR count). The Hall–Kier alpha value is -0.370. The predicted molar refractivity (Wildman–Crippen MR) is 52.5 cm³/mol. The van der Waals surface area contributed by atoms with E-state index in [9.17, 15) is 4.79 Å². The number of carbonyl (C=O) groups is 1. The Morgan fingerprint density at radius 3 is 2.85 bits per heavy atom. The summed E-state index contributed by atoms with van der Waals surface area (Å²) in [5.41, 5.74) is 0.241. The highest BCUT2D eigenvalue weighted by Crippen LogP contribution is 2.38. The Kier molecular flexibility index (Phi) is 3.91. The van der Waals surface area contributed by atoms with Crippen molar-refractivity contribution in [3.8, 4) is 0 Å². The molecule has 1 aliphatic rings. The summed E-state index contributed by atoms with van der Waals surface area (Å²) in [6, 6.07) is 0. The Bertz CT molecular complexity index is 177. The molecule has 1 N–H and O–H groups in total. The van der Waals surface area contributed by atoms with E-state index in [4.69, 9.17) is 5.11 Å². The predicted octanol–water partition coefficient (Wildman–Crippen LogP) is 2.30. The van der Waals surface area contributed by atoms with Crippen LogP contribution in [0.3, 0.4) is 0 Å². The molecule has 0 saturated heterocycles. The van der Waals surface area contributed by atoms with Crippen LogP contribution in [0.15, 0.2) is 0 Å². The fraction of sp³-hybridized carbons (Fsp3) is 0.909. The fourth-order valence-electron chi connectivity index (χ4n) is 2.24. The van der Waals surface area contributed by atoms with Crippen LogP contribution in [0.1, 0.15) is 51.9 Å². The van der Waals surface area contributed by atoms with E-state index >= 15 is 0 Å². The fourth-order valence-corrected chi connectivity index (χ4v) is 2.24. The largest absolute Gasteiger partial charge is 0.396 e. The van der Waals surface area contributed by atoms with Crippen LogP contribution in [-0.4, -0.2) is 17.5 Å². The van der Waals surface area contributed by atoms with Crippen molar-refractivity contribution in [2.75, 3.05) is 6.61 Å². The van der Waals surface area contributed by atoms with Crippen molar-refractivity contribution in [1.29, 1.82) is 0 Å². The number of rotatable bonds is 4. The van der Waals surface area contributed by atoms with Gasteiger partial charge < -0.3 is 5.11 Å². The summed E-state index contributed by atoms with van der Waals surface area (Å²) in [6.45, 7) is 2.49. The quantitative estimate of drug-likeness (QED) is 0.681. The van der Waals surface area contributed by atoms with Crippen LogP contribution in [0.2, 0.25) is 0 Å². The van der Waals surface area contributed by atoms with Gasteiger partial charge in [0.2, 0.25) is 0 Å². The third-order valence-corrected chi connectivity index (χ3v) is 3.05. The molecule has 1 unspecified atom stereocenters. The molecule has 1 aliphatic carbocycles. The first-order valence-corrected chi connectivity index (χ1v) is 5.29. The van der Waals surface area contributed by atoms with Gasteiger partial charge in [0.25, 0.3) is 0 Å². The van der Waals surface area contributed by atoms with Gasteiger partial charge in [-0.1, -0.05) is 13.3 Å². The van der Waals surface area contributed by atoms with Crippen molar-refractivity contribution in [1.82, 2.24) is 0 Å². The van der Waals surface area contributed by atoms with Crippen molar-refractivity contribution in [3.05, 3.63) is 0 Å². The Morgan fingerprint density at radius 1 is 1.46 bits per heavy atom. The van der Waals surface area contributed by atoms with Crippen LogP contribution in [0.4, 0.5) is 0 Å². The van der Waals surface area contributed by atoms with Crippen LogP contribution < -0.4 is 0 Å². The van der Waals surface area contributed by atoms with Crippen LogP contribution in [0.5, 0.6) is 0 Å². The van der Waals surface area contributed by atoms with Crippen molar-refractivity contribution in [2.24, 2.45) is 5.41 Å². The van der Waals surface area contributed by atoms with E-state index in [2.05, 4.69) is 6.92 Å². The summed E-state index contributed by atoms with van der Waals surface area (Å²) in [6.07, 6.45) is 6.83. The summed E-state index contributed by atoms with van der Waals surface area (Å²) in [4.78, 5) is 11.3. The number of ketones is 1. The van der Waals surface area contributed by atoms with E-state index < -0.39 is 0 Å². The maximum atomic E-state index is 11.3. The number of aliphatic hydroxyl groups is 1. The molecule has 0 aromatic rings. The molecule has 0 heterocycles. The molecule has 1 saturated carbocycles. The van der Waals surface area contributed by atoms with Gasteiger partial charge in [0.1, 0.15) is 5.78 Å². The zero-order valence-corrected chi connectivity index (χ0v) is 8.51. The Morgan fingerprint density at radius 2 is 2.23 bits per heavy atom. The highest BCUT2D eigenvalue weighted by atomic mass is 16.2. The third kappa shape index (κ3) is 3.47. The standard InChI is InChI=1S/C11H20O2/c1-11(6-2-3-8-12)7-4-5-10(13)9-11/h12H,2-9H2,1H3. The average molecular weight is 184 g/mol. The lowest BCUT2D eigenvalue weighted by Gasteiger charge is -2.32. The average Bonchev–Trinajstić information content (AvgIpc) is 2.04. The molecular formula is C11H20O2. The molecule has 0 spiro atoms. The molecule has 2 nitrogen and oxygen atoms in total. The SMILES string of the molecule is CC1(CCCCO)CCCC(=O)C1. The number of Topliss-reactive ketones (excluding diaryl/α,β-unsaturated/α-hetero) is 1. The minimum atomic E-state index is 0.241. The van der Waals surface area contributed by atoms with Gasteiger partial charge in [-0.3, -0.25) is 4.79 Å². The second kappa shape index (κ2) is 4.75. The molecule has 13 heavy (non-hydrogen) atoms. The van der Waals surface area contributed by atoms with E-state index in [0.29, 0.717) is 5.78 Å². The molecule has 1 fully saturated rings. The Labute approximate surface area is 80.3 Å². The second-order valence-corrected chi connectivity index (χ2v) is 4.56. The normalized spacial score (nSPS) is 29.2. The van der Waals surface area contributed by atoms with E-state index in [1.54, 1.807) is 0 Å². The maximum absolute atomic E-state index is 11.3. The second-order valence-electron chi connectivity index (χ2n) is 4.56. The van der Waals surface area contributed by atoms with Crippen molar-refractivity contribution >= 4 is 5.78 Å². The minimum Gasteiger partial charge on any atom is -0.396 e. The van der Waals surface area contributed by atoms with E-state index in [1.165, 1.54) is 6.42 Å². The molecule has 0 aromatic heterocycles. The minimum absolute atomic E-state index is 0.241. The van der Waals surface area contributed by atoms with E-state index in [-0.39, 0.29) is 12.0 Å². The lowest BCUT2D eigenvalue weighted by Crippen LogP contribution is -2.25. The summed E-state index contributed by atoms with van der Waals surface area (Å²) >= 11 is 0. The van der Waals surface area contributed by atoms with Gasteiger partial charge in [0, 0.05) is 19.4 Å². The number of hydrogen-bond acceptors (Lipinski definition) is 2. The molecule has 0 bridgehead atoms. The van der Waals surface area contributed by atoms with Gasteiger partial charge in [-0.05, 0) is 31.1 Å². The molecule has 0 amide bonds. The van der Waals surface area contributed by atoms with Gasteiger partial charge in [0.05, 0.1) is 0 Å². The van der Waals surface area contributed by atoms with Gasteiger partial charge >= 0.3 is 0 Å². The monoisotopic (exact) mass is 184 g/mol. The Balaban J connectivity index is 2.31. The maximum Gasteiger partial charge on any atom is 0.133 e. The van der Waals surface area contributed by atoms with Gasteiger partial charge in [-0.15, -0.1) is 0 Å². The third-order valence-electron chi connectivity index (χ3n) is 3.05. The smallest absolute Gasteiger partial charge is 0.133 e.